The minimum Gasteiger partial charge on any atom is -0.388 e. The Morgan fingerprint density at radius 2 is 1.89 bits per heavy atom. The molecule has 1 heterocycles. The molecule has 0 aliphatic heterocycles. The lowest BCUT2D eigenvalue weighted by atomic mass is 10.3. The highest BCUT2D eigenvalue weighted by Crippen LogP contribution is 2.19. The molecule has 2 N–H and O–H groups in total. The molecule has 0 aliphatic carbocycles. The summed E-state index contributed by atoms with van der Waals surface area (Å²) in [5.41, 5.74) is 0.848. The Labute approximate surface area is 109 Å². The fraction of sp³-hybridized carbons (Fsp3) is 0.200. The zero-order chi connectivity index (χ0) is 13.2. The van der Waals surface area contributed by atoms with Gasteiger partial charge in [0.05, 0.1) is 4.90 Å². The molecule has 96 valence electrons. The summed E-state index contributed by atoms with van der Waals surface area (Å²) < 4.78 is 30.3. The fourth-order valence-corrected chi connectivity index (χ4v) is 3.11. The van der Waals surface area contributed by atoms with Crippen molar-refractivity contribution in [2.75, 3.05) is 17.1 Å². The van der Waals surface area contributed by atoms with E-state index >= 15 is 0 Å². The second-order valence-corrected chi connectivity index (χ2v) is 5.96. The van der Waals surface area contributed by atoms with E-state index in [0.717, 1.165) is 17.2 Å². The number of aromatic nitrogens is 2. The molecule has 1 aromatic heterocycles. The van der Waals surface area contributed by atoms with E-state index in [1.807, 2.05) is 0 Å². The molecule has 0 unspecified atom stereocenters. The van der Waals surface area contributed by atoms with Crippen LogP contribution in [0.5, 0.6) is 0 Å². The van der Waals surface area contributed by atoms with Crippen LogP contribution in [-0.4, -0.2) is 24.8 Å². The Kier molecular flexibility index (Phi) is 3.48. The molecule has 0 amide bonds. The molecule has 18 heavy (non-hydrogen) atoms. The minimum atomic E-state index is -3.59. The lowest BCUT2D eigenvalue weighted by Crippen LogP contribution is -2.12. The van der Waals surface area contributed by atoms with Crippen LogP contribution in [0.15, 0.2) is 29.2 Å². The second kappa shape index (κ2) is 4.91. The number of benzene rings is 1. The Hall–Kier alpha value is -1.67. The number of aryl methyl sites for hydroxylation is 1. The summed E-state index contributed by atoms with van der Waals surface area (Å²) in [5, 5.41) is 3.19. The number of rotatable bonds is 4. The van der Waals surface area contributed by atoms with E-state index < -0.39 is 10.0 Å². The molecule has 0 atom stereocenters. The molecule has 0 radical (unpaired) electrons. The third kappa shape index (κ3) is 2.77. The van der Waals surface area contributed by atoms with Crippen LogP contribution in [0.25, 0.3) is 0 Å². The van der Waals surface area contributed by atoms with Crippen molar-refractivity contribution >= 4 is 32.4 Å². The van der Waals surface area contributed by atoms with Crippen LogP contribution in [0, 0.1) is 6.92 Å². The Balaban J connectivity index is 2.24. The van der Waals surface area contributed by atoms with Gasteiger partial charge < -0.3 is 5.32 Å². The van der Waals surface area contributed by atoms with Gasteiger partial charge in [0.15, 0.2) is 0 Å². The summed E-state index contributed by atoms with van der Waals surface area (Å²) in [4.78, 5) is 4.15. The van der Waals surface area contributed by atoms with Gasteiger partial charge >= 0.3 is 0 Å². The maximum atomic E-state index is 12.0. The molecule has 2 rings (SSSR count). The third-order valence-electron chi connectivity index (χ3n) is 2.20. The summed E-state index contributed by atoms with van der Waals surface area (Å²) in [6, 6.07) is 6.45. The average Bonchev–Trinajstić information content (AvgIpc) is 2.74. The fourth-order valence-electron chi connectivity index (χ4n) is 1.31. The third-order valence-corrected chi connectivity index (χ3v) is 4.41. The highest BCUT2D eigenvalue weighted by molar-refractivity contribution is 7.93. The van der Waals surface area contributed by atoms with E-state index in [0.29, 0.717) is 5.82 Å². The normalized spacial score (nSPS) is 11.2. The zero-order valence-electron chi connectivity index (χ0n) is 9.84. The quantitative estimate of drug-likeness (QED) is 0.892. The first-order chi connectivity index (χ1) is 8.51. The number of nitrogens with zero attached hydrogens (tertiary/aromatic N) is 2. The van der Waals surface area contributed by atoms with Gasteiger partial charge in [0.25, 0.3) is 10.0 Å². The Bertz CT molecular complexity index is 634. The van der Waals surface area contributed by atoms with Crippen molar-refractivity contribution in [1.82, 2.24) is 9.36 Å². The SMILES string of the molecule is CNc1ccc(S(=O)(=O)Nc2nc(C)ns2)cc1. The minimum absolute atomic E-state index is 0.189. The first-order valence-electron chi connectivity index (χ1n) is 5.12. The van der Waals surface area contributed by atoms with Crippen molar-refractivity contribution in [3.8, 4) is 0 Å². The van der Waals surface area contributed by atoms with Crippen molar-refractivity contribution in [1.29, 1.82) is 0 Å². The molecule has 0 spiro atoms. The molecule has 8 heteroatoms. The molecule has 0 saturated heterocycles. The summed E-state index contributed by atoms with van der Waals surface area (Å²) >= 11 is 1.02. The summed E-state index contributed by atoms with van der Waals surface area (Å²) in [5.74, 6) is 0.545. The average molecular weight is 284 g/mol. The highest BCUT2D eigenvalue weighted by Gasteiger charge is 2.15. The Morgan fingerprint density at radius 1 is 1.22 bits per heavy atom. The maximum absolute atomic E-state index is 12.0. The van der Waals surface area contributed by atoms with Gasteiger partial charge in [-0.1, -0.05) is 0 Å². The molecule has 1 aromatic carbocycles. The van der Waals surface area contributed by atoms with Gasteiger partial charge in [0, 0.05) is 24.3 Å². The van der Waals surface area contributed by atoms with E-state index in [-0.39, 0.29) is 10.0 Å². The van der Waals surface area contributed by atoms with Gasteiger partial charge in [-0.05, 0) is 31.2 Å². The van der Waals surface area contributed by atoms with Crippen LogP contribution in [-0.2, 0) is 10.0 Å². The van der Waals surface area contributed by atoms with E-state index in [1.54, 1.807) is 26.1 Å². The van der Waals surface area contributed by atoms with Gasteiger partial charge in [0.2, 0.25) is 5.13 Å². The molecular formula is C10H12N4O2S2. The molecule has 0 fully saturated rings. The van der Waals surface area contributed by atoms with Crippen molar-refractivity contribution in [2.24, 2.45) is 0 Å². The number of hydrogen-bond donors (Lipinski definition) is 2. The number of sulfonamides is 1. The largest absolute Gasteiger partial charge is 0.388 e. The summed E-state index contributed by atoms with van der Waals surface area (Å²) in [7, 11) is -1.83. The van der Waals surface area contributed by atoms with Gasteiger partial charge in [0.1, 0.15) is 5.82 Å². The number of anilines is 2. The van der Waals surface area contributed by atoms with E-state index in [9.17, 15) is 8.42 Å². The first-order valence-corrected chi connectivity index (χ1v) is 7.38. The molecular weight excluding hydrogens is 272 g/mol. The van der Waals surface area contributed by atoms with Gasteiger partial charge in [-0.3, -0.25) is 4.72 Å². The van der Waals surface area contributed by atoms with Gasteiger partial charge in [-0.25, -0.2) is 13.4 Å². The standard InChI is InChI=1S/C10H12N4O2S2/c1-7-12-10(17-13-7)14-18(15,16)9-5-3-8(11-2)4-6-9/h3-6,11H,1-2H3,(H,12,13,14). The topological polar surface area (TPSA) is 84.0 Å². The second-order valence-electron chi connectivity index (χ2n) is 3.53. The Morgan fingerprint density at radius 3 is 2.39 bits per heavy atom. The number of nitrogens with one attached hydrogen (secondary N) is 2. The predicted molar refractivity (Wildman–Crippen MR) is 71.4 cm³/mol. The molecule has 0 aliphatic rings. The highest BCUT2D eigenvalue weighted by atomic mass is 32.2. The number of hydrogen-bond acceptors (Lipinski definition) is 6. The van der Waals surface area contributed by atoms with Crippen LogP contribution < -0.4 is 10.0 Å². The van der Waals surface area contributed by atoms with Gasteiger partial charge in [-0.2, -0.15) is 4.37 Å². The molecule has 0 saturated carbocycles. The van der Waals surface area contributed by atoms with E-state index in [4.69, 9.17) is 0 Å². The molecule has 6 nitrogen and oxygen atoms in total. The predicted octanol–water partition coefficient (Wildman–Crippen LogP) is 1.69. The lowest BCUT2D eigenvalue weighted by molar-refractivity contribution is 0.601. The summed E-state index contributed by atoms with van der Waals surface area (Å²) in [6.07, 6.45) is 0. The van der Waals surface area contributed by atoms with E-state index in [1.165, 1.54) is 12.1 Å². The molecule has 2 aromatic rings. The van der Waals surface area contributed by atoms with Crippen LogP contribution in [0.1, 0.15) is 5.82 Å². The van der Waals surface area contributed by atoms with Crippen LogP contribution in [0.3, 0.4) is 0 Å². The van der Waals surface area contributed by atoms with Crippen molar-refractivity contribution in [3.63, 3.8) is 0 Å². The monoisotopic (exact) mass is 284 g/mol. The molecule has 0 bridgehead atoms. The van der Waals surface area contributed by atoms with E-state index in [2.05, 4.69) is 19.4 Å². The lowest BCUT2D eigenvalue weighted by Gasteiger charge is -2.05. The first kappa shape index (κ1) is 12.8. The van der Waals surface area contributed by atoms with Crippen molar-refractivity contribution in [3.05, 3.63) is 30.1 Å². The van der Waals surface area contributed by atoms with Crippen LogP contribution in [0.4, 0.5) is 10.8 Å². The van der Waals surface area contributed by atoms with Crippen LogP contribution in [0.2, 0.25) is 0 Å². The van der Waals surface area contributed by atoms with Crippen molar-refractivity contribution < 1.29 is 8.42 Å². The smallest absolute Gasteiger partial charge is 0.263 e. The van der Waals surface area contributed by atoms with Crippen LogP contribution >= 0.6 is 11.5 Å². The zero-order valence-corrected chi connectivity index (χ0v) is 11.5. The van der Waals surface area contributed by atoms with Crippen molar-refractivity contribution in [2.45, 2.75) is 11.8 Å². The van der Waals surface area contributed by atoms with Gasteiger partial charge in [-0.15, -0.1) is 0 Å². The maximum Gasteiger partial charge on any atom is 0.263 e. The summed E-state index contributed by atoms with van der Waals surface area (Å²) in [6.45, 7) is 1.70.